The van der Waals surface area contributed by atoms with E-state index in [9.17, 15) is 0 Å². The number of nitrogens with zero attached hydrogens (tertiary/aromatic N) is 2. The molecule has 0 aliphatic heterocycles. The first-order valence-corrected chi connectivity index (χ1v) is 7.21. The average molecular weight is 263 g/mol. The molecular formula is C14H21N3S. The molecular weight excluding hydrogens is 242 g/mol. The van der Waals surface area contributed by atoms with E-state index in [2.05, 4.69) is 56.3 Å². The van der Waals surface area contributed by atoms with E-state index < -0.39 is 0 Å². The summed E-state index contributed by atoms with van der Waals surface area (Å²) in [5.41, 5.74) is 1.10. The molecule has 3 nitrogen and oxygen atoms in total. The Balaban J connectivity index is 1.90. The molecule has 4 heteroatoms. The van der Waals surface area contributed by atoms with Gasteiger partial charge in [-0.15, -0.1) is 11.3 Å². The van der Waals surface area contributed by atoms with Gasteiger partial charge in [-0.25, -0.2) is 0 Å². The van der Waals surface area contributed by atoms with Crippen molar-refractivity contribution >= 4 is 11.3 Å². The van der Waals surface area contributed by atoms with Crippen molar-refractivity contribution in [1.82, 2.24) is 15.1 Å². The van der Waals surface area contributed by atoms with Crippen LogP contribution in [0.4, 0.5) is 0 Å². The summed E-state index contributed by atoms with van der Waals surface area (Å²) >= 11 is 1.85. The standard InChI is InChI=1S/C14H21N3S/c1-10(2)17-8-7-13(16-17)9-15-12(4)14-6-5-11(3)18-14/h5-8,10,12,15H,9H2,1-4H3. The summed E-state index contributed by atoms with van der Waals surface area (Å²) in [7, 11) is 0. The van der Waals surface area contributed by atoms with Gasteiger partial charge < -0.3 is 5.32 Å². The van der Waals surface area contributed by atoms with E-state index in [1.807, 2.05) is 22.2 Å². The highest BCUT2D eigenvalue weighted by atomic mass is 32.1. The van der Waals surface area contributed by atoms with Crippen LogP contribution in [-0.2, 0) is 6.54 Å². The molecule has 0 amide bonds. The Bertz CT molecular complexity index is 499. The predicted octanol–water partition coefficient (Wildman–Crippen LogP) is 3.68. The molecule has 0 aromatic carbocycles. The van der Waals surface area contributed by atoms with Crippen LogP contribution in [0.1, 0.15) is 48.3 Å². The highest BCUT2D eigenvalue weighted by Gasteiger charge is 2.08. The topological polar surface area (TPSA) is 29.9 Å². The lowest BCUT2D eigenvalue weighted by molar-refractivity contribution is 0.513. The van der Waals surface area contributed by atoms with Gasteiger partial charge in [0.2, 0.25) is 0 Å². The zero-order valence-electron chi connectivity index (χ0n) is 11.5. The maximum Gasteiger partial charge on any atom is 0.0762 e. The summed E-state index contributed by atoms with van der Waals surface area (Å²) in [4.78, 5) is 2.75. The van der Waals surface area contributed by atoms with Crippen molar-refractivity contribution in [2.45, 2.75) is 46.3 Å². The largest absolute Gasteiger partial charge is 0.304 e. The van der Waals surface area contributed by atoms with Crippen LogP contribution in [0, 0.1) is 6.92 Å². The van der Waals surface area contributed by atoms with Crippen molar-refractivity contribution in [3.05, 3.63) is 39.8 Å². The number of hydrogen-bond acceptors (Lipinski definition) is 3. The van der Waals surface area contributed by atoms with Crippen LogP contribution in [0.3, 0.4) is 0 Å². The molecule has 1 unspecified atom stereocenters. The Hall–Kier alpha value is -1.13. The first kappa shape index (κ1) is 13.3. The highest BCUT2D eigenvalue weighted by molar-refractivity contribution is 7.12. The predicted molar refractivity (Wildman–Crippen MR) is 76.9 cm³/mol. The van der Waals surface area contributed by atoms with Crippen LogP contribution in [-0.4, -0.2) is 9.78 Å². The van der Waals surface area contributed by atoms with Gasteiger partial charge in [0.05, 0.1) is 5.69 Å². The molecule has 0 aliphatic carbocycles. The van der Waals surface area contributed by atoms with E-state index in [-0.39, 0.29) is 0 Å². The summed E-state index contributed by atoms with van der Waals surface area (Å²) in [5.74, 6) is 0. The van der Waals surface area contributed by atoms with Crippen LogP contribution < -0.4 is 5.32 Å². The Morgan fingerprint density at radius 2 is 2.06 bits per heavy atom. The summed E-state index contributed by atoms with van der Waals surface area (Å²) in [6.45, 7) is 9.44. The third-order valence-electron chi connectivity index (χ3n) is 2.97. The lowest BCUT2D eigenvalue weighted by Gasteiger charge is -2.10. The fourth-order valence-corrected chi connectivity index (χ4v) is 2.71. The molecule has 2 rings (SSSR count). The zero-order valence-corrected chi connectivity index (χ0v) is 12.3. The van der Waals surface area contributed by atoms with Crippen LogP contribution in [0.2, 0.25) is 0 Å². The average Bonchev–Trinajstić information content (AvgIpc) is 2.94. The summed E-state index contributed by atoms with van der Waals surface area (Å²) < 4.78 is 2.00. The fraction of sp³-hybridized carbons (Fsp3) is 0.500. The van der Waals surface area contributed by atoms with Gasteiger partial charge in [0.25, 0.3) is 0 Å². The van der Waals surface area contributed by atoms with E-state index in [4.69, 9.17) is 0 Å². The smallest absolute Gasteiger partial charge is 0.0762 e. The van der Waals surface area contributed by atoms with Crippen molar-refractivity contribution in [1.29, 1.82) is 0 Å². The maximum absolute atomic E-state index is 4.54. The molecule has 1 N–H and O–H groups in total. The van der Waals surface area contributed by atoms with E-state index in [0.717, 1.165) is 12.2 Å². The summed E-state index contributed by atoms with van der Waals surface area (Å²) in [5, 5.41) is 8.05. The van der Waals surface area contributed by atoms with Gasteiger partial charge in [-0.3, -0.25) is 4.68 Å². The number of nitrogens with one attached hydrogen (secondary N) is 1. The van der Waals surface area contributed by atoms with Gasteiger partial charge >= 0.3 is 0 Å². The number of rotatable bonds is 5. The number of aromatic nitrogens is 2. The van der Waals surface area contributed by atoms with Crippen LogP contribution in [0.5, 0.6) is 0 Å². The fourth-order valence-electron chi connectivity index (χ4n) is 1.80. The molecule has 18 heavy (non-hydrogen) atoms. The van der Waals surface area contributed by atoms with Crippen LogP contribution in [0.15, 0.2) is 24.4 Å². The minimum atomic E-state index is 0.382. The molecule has 0 spiro atoms. The normalized spacial score (nSPS) is 13.2. The molecule has 2 aromatic rings. The number of hydrogen-bond donors (Lipinski definition) is 1. The number of aryl methyl sites for hydroxylation is 1. The quantitative estimate of drug-likeness (QED) is 0.891. The van der Waals surface area contributed by atoms with Crippen molar-refractivity contribution in [2.24, 2.45) is 0 Å². The van der Waals surface area contributed by atoms with E-state index in [0.29, 0.717) is 12.1 Å². The molecule has 0 aliphatic rings. The molecule has 98 valence electrons. The zero-order chi connectivity index (χ0) is 13.1. The minimum Gasteiger partial charge on any atom is -0.304 e. The SMILES string of the molecule is Cc1ccc(C(C)NCc2ccn(C(C)C)n2)s1. The monoisotopic (exact) mass is 263 g/mol. The molecule has 1 atom stereocenters. The van der Waals surface area contributed by atoms with E-state index >= 15 is 0 Å². The van der Waals surface area contributed by atoms with Gasteiger partial charge in [0.15, 0.2) is 0 Å². The van der Waals surface area contributed by atoms with Crippen LogP contribution >= 0.6 is 11.3 Å². The van der Waals surface area contributed by atoms with Gasteiger partial charge in [-0.1, -0.05) is 0 Å². The molecule has 0 fully saturated rings. The third kappa shape index (κ3) is 3.21. The third-order valence-corrected chi connectivity index (χ3v) is 4.15. The lowest BCUT2D eigenvalue weighted by Crippen LogP contribution is -2.17. The van der Waals surface area contributed by atoms with Gasteiger partial charge in [0.1, 0.15) is 0 Å². The Labute approximate surface area is 113 Å². The first-order chi connectivity index (χ1) is 8.56. The maximum atomic E-state index is 4.54. The van der Waals surface area contributed by atoms with E-state index in [1.54, 1.807) is 0 Å². The molecule has 0 saturated carbocycles. The van der Waals surface area contributed by atoms with Crippen LogP contribution in [0.25, 0.3) is 0 Å². The number of thiophene rings is 1. The lowest BCUT2D eigenvalue weighted by atomic mass is 10.2. The highest BCUT2D eigenvalue weighted by Crippen LogP contribution is 2.22. The molecule has 2 heterocycles. The van der Waals surface area contributed by atoms with Gasteiger partial charge in [-0.2, -0.15) is 5.10 Å². The van der Waals surface area contributed by atoms with Crippen molar-refractivity contribution in [3.8, 4) is 0 Å². The molecule has 2 aromatic heterocycles. The second-order valence-electron chi connectivity index (χ2n) is 4.93. The van der Waals surface area contributed by atoms with Crippen molar-refractivity contribution in [2.75, 3.05) is 0 Å². The second kappa shape index (κ2) is 5.67. The molecule has 0 radical (unpaired) electrons. The Morgan fingerprint density at radius 1 is 1.28 bits per heavy atom. The summed E-state index contributed by atoms with van der Waals surface area (Å²) in [6, 6.07) is 7.26. The Kier molecular flexibility index (Phi) is 4.19. The van der Waals surface area contributed by atoms with E-state index in [1.165, 1.54) is 9.75 Å². The Morgan fingerprint density at radius 3 is 2.61 bits per heavy atom. The molecule has 0 bridgehead atoms. The first-order valence-electron chi connectivity index (χ1n) is 6.40. The minimum absolute atomic E-state index is 0.382. The van der Waals surface area contributed by atoms with Gasteiger partial charge in [0, 0.05) is 34.6 Å². The van der Waals surface area contributed by atoms with Gasteiger partial charge in [-0.05, 0) is 45.9 Å². The molecule has 0 saturated heterocycles. The second-order valence-corrected chi connectivity index (χ2v) is 6.25. The van der Waals surface area contributed by atoms with Crippen molar-refractivity contribution < 1.29 is 0 Å². The van der Waals surface area contributed by atoms with Crippen molar-refractivity contribution in [3.63, 3.8) is 0 Å². The summed E-state index contributed by atoms with van der Waals surface area (Å²) in [6.07, 6.45) is 2.04.